The van der Waals surface area contributed by atoms with Crippen LogP contribution in [0, 0.1) is 11.8 Å². The van der Waals surface area contributed by atoms with E-state index in [2.05, 4.69) is 83.8 Å². The summed E-state index contributed by atoms with van der Waals surface area (Å²) >= 11 is 7.63. The molecule has 0 spiro atoms. The molecule has 156 valence electrons. The minimum Gasteiger partial charge on any atom is -0.0654 e. The fourth-order valence-electron chi connectivity index (χ4n) is 4.38. The quantitative estimate of drug-likeness (QED) is 0.267. The van der Waals surface area contributed by atoms with Gasteiger partial charge in [-0.3, -0.25) is 0 Å². The monoisotopic (exact) mass is 508 g/mol. The largest absolute Gasteiger partial charge is 0.0654 e. The zero-order chi connectivity index (χ0) is 20.5. The third kappa shape index (κ3) is 6.87. The molecule has 2 aromatic rings. The van der Waals surface area contributed by atoms with Gasteiger partial charge >= 0.3 is 0 Å². The zero-order valence-electron chi connectivity index (χ0n) is 18.3. The summed E-state index contributed by atoms with van der Waals surface area (Å²) in [6.45, 7) is 9.30. The molecule has 0 N–H and O–H groups in total. The van der Waals surface area contributed by atoms with E-state index < -0.39 is 0 Å². The molecule has 0 aromatic heterocycles. The number of hydrogen-bond acceptors (Lipinski definition) is 0. The lowest BCUT2D eigenvalue weighted by atomic mass is 9.86. The van der Waals surface area contributed by atoms with Gasteiger partial charge in [0, 0.05) is 8.95 Å². The Morgan fingerprint density at radius 1 is 0.643 bits per heavy atom. The molecular weight excluding hydrogens is 472 g/mol. The fourth-order valence-corrected chi connectivity index (χ4v) is 5.39. The molecule has 2 aromatic carbocycles. The van der Waals surface area contributed by atoms with Gasteiger partial charge in [-0.25, -0.2) is 0 Å². The molecule has 0 aliphatic heterocycles. The first-order valence-corrected chi connectivity index (χ1v) is 13.0. The molecule has 0 amide bonds. The Morgan fingerprint density at radius 3 is 1.36 bits per heavy atom. The molecule has 0 saturated carbocycles. The van der Waals surface area contributed by atoms with Crippen LogP contribution in [0.15, 0.2) is 33.2 Å². The van der Waals surface area contributed by atoms with Crippen molar-refractivity contribution in [1.29, 1.82) is 0 Å². The van der Waals surface area contributed by atoms with Gasteiger partial charge in [0.25, 0.3) is 0 Å². The van der Waals surface area contributed by atoms with Crippen LogP contribution in [0.4, 0.5) is 0 Å². The Balaban J connectivity index is 2.41. The molecule has 0 radical (unpaired) electrons. The van der Waals surface area contributed by atoms with Crippen LogP contribution in [0.2, 0.25) is 0 Å². The Hall–Kier alpha value is -0.340. The van der Waals surface area contributed by atoms with E-state index in [4.69, 9.17) is 0 Å². The summed E-state index contributed by atoms with van der Waals surface area (Å²) in [4.78, 5) is 0. The van der Waals surface area contributed by atoms with Crippen molar-refractivity contribution in [3.8, 4) is 0 Å². The molecule has 0 aliphatic carbocycles. The van der Waals surface area contributed by atoms with E-state index in [0.29, 0.717) is 0 Å². The maximum absolute atomic E-state index is 3.81. The van der Waals surface area contributed by atoms with Gasteiger partial charge in [-0.15, -0.1) is 0 Å². The molecule has 2 unspecified atom stereocenters. The lowest BCUT2D eigenvalue weighted by Gasteiger charge is -2.20. The summed E-state index contributed by atoms with van der Waals surface area (Å²) in [7, 11) is 0. The van der Waals surface area contributed by atoms with Crippen LogP contribution in [0.5, 0.6) is 0 Å². The number of fused-ring (bicyclic) bond motifs is 1. The summed E-state index contributed by atoms with van der Waals surface area (Å²) in [6, 6.07) is 9.42. The van der Waals surface area contributed by atoms with E-state index in [0.717, 1.165) is 11.8 Å². The second kappa shape index (κ2) is 12.4. The van der Waals surface area contributed by atoms with Gasteiger partial charge < -0.3 is 0 Å². The molecule has 2 rings (SSSR count). The van der Waals surface area contributed by atoms with Crippen molar-refractivity contribution in [2.45, 2.75) is 91.9 Å². The number of hydrogen-bond donors (Lipinski definition) is 0. The molecule has 0 saturated heterocycles. The minimum absolute atomic E-state index is 0.785. The molecule has 0 fully saturated rings. The van der Waals surface area contributed by atoms with Crippen molar-refractivity contribution in [1.82, 2.24) is 0 Å². The maximum Gasteiger partial charge on any atom is 0.0184 e. The van der Waals surface area contributed by atoms with Gasteiger partial charge in [0.05, 0.1) is 0 Å². The van der Waals surface area contributed by atoms with Crippen molar-refractivity contribution in [2.24, 2.45) is 11.8 Å². The Bertz CT molecular complexity index is 672. The zero-order valence-corrected chi connectivity index (χ0v) is 21.5. The molecule has 28 heavy (non-hydrogen) atoms. The van der Waals surface area contributed by atoms with Crippen LogP contribution in [-0.4, -0.2) is 0 Å². The van der Waals surface area contributed by atoms with Crippen LogP contribution in [-0.2, 0) is 12.8 Å². The van der Waals surface area contributed by atoms with Crippen molar-refractivity contribution in [3.05, 3.63) is 44.3 Å². The fraction of sp³-hybridized carbons (Fsp3) is 0.615. The molecule has 0 heterocycles. The number of rotatable bonds is 12. The normalized spacial score (nSPS) is 13.8. The summed E-state index contributed by atoms with van der Waals surface area (Å²) in [5.74, 6) is 1.57. The number of unbranched alkanes of at least 4 members (excludes halogenated alkanes) is 2. The summed E-state index contributed by atoms with van der Waals surface area (Å²) in [5, 5.41) is 2.90. The summed E-state index contributed by atoms with van der Waals surface area (Å²) in [5.41, 5.74) is 3.02. The van der Waals surface area contributed by atoms with Crippen LogP contribution in [0.3, 0.4) is 0 Å². The van der Waals surface area contributed by atoms with Crippen LogP contribution < -0.4 is 0 Å². The molecule has 2 atom stereocenters. The third-order valence-corrected chi connectivity index (χ3v) is 7.19. The van der Waals surface area contributed by atoms with Crippen molar-refractivity contribution in [3.63, 3.8) is 0 Å². The standard InChI is InChI=1S/C26H38Br2/c1-5-9-11-19(7-3)13-21-15-23(27)18-26-22(16-24(28)17-25(21)26)14-20(8-4)12-10-6-2/h15-20H,5-14H2,1-4H3. The van der Waals surface area contributed by atoms with Crippen LogP contribution in [0.1, 0.15) is 90.2 Å². The van der Waals surface area contributed by atoms with E-state index in [1.54, 1.807) is 0 Å². The van der Waals surface area contributed by atoms with Gasteiger partial charge in [0.1, 0.15) is 0 Å². The Morgan fingerprint density at radius 2 is 1.04 bits per heavy atom. The van der Waals surface area contributed by atoms with E-state index in [-0.39, 0.29) is 0 Å². The van der Waals surface area contributed by atoms with Crippen LogP contribution >= 0.6 is 31.9 Å². The first-order chi connectivity index (χ1) is 13.5. The number of benzene rings is 2. The van der Waals surface area contributed by atoms with Gasteiger partial charge in [0.15, 0.2) is 0 Å². The maximum atomic E-state index is 3.81. The highest BCUT2D eigenvalue weighted by Gasteiger charge is 2.15. The predicted octanol–water partition coefficient (Wildman–Crippen LogP) is 9.88. The highest BCUT2D eigenvalue weighted by molar-refractivity contribution is 9.10. The van der Waals surface area contributed by atoms with Crippen LogP contribution in [0.25, 0.3) is 10.8 Å². The Labute approximate surface area is 190 Å². The van der Waals surface area contributed by atoms with Crippen molar-refractivity contribution >= 4 is 42.6 Å². The highest BCUT2D eigenvalue weighted by atomic mass is 79.9. The topological polar surface area (TPSA) is 0 Å². The second-order valence-electron chi connectivity index (χ2n) is 8.47. The summed E-state index contributed by atoms with van der Waals surface area (Å²) in [6.07, 6.45) is 12.9. The lowest BCUT2D eigenvalue weighted by molar-refractivity contribution is 0.449. The van der Waals surface area contributed by atoms with E-state index in [9.17, 15) is 0 Å². The molecule has 0 aliphatic rings. The van der Waals surface area contributed by atoms with Crippen molar-refractivity contribution < 1.29 is 0 Å². The highest BCUT2D eigenvalue weighted by Crippen LogP contribution is 2.34. The minimum atomic E-state index is 0.785. The lowest BCUT2D eigenvalue weighted by Crippen LogP contribution is -2.06. The van der Waals surface area contributed by atoms with E-state index >= 15 is 0 Å². The van der Waals surface area contributed by atoms with E-state index in [1.807, 2.05) is 0 Å². The first kappa shape index (κ1) is 23.9. The average molecular weight is 510 g/mol. The second-order valence-corrected chi connectivity index (χ2v) is 10.3. The van der Waals surface area contributed by atoms with Gasteiger partial charge in [0.2, 0.25) is 0 Å². The Kier molecular flexibility index (Phi) is 10.6. The average Bonchev–Trinajstić information content (AvgIpc) is 2.68. The molecule has 0 bridgehead atoms. The molecule has 2 heteroatoms. The summed E-state index contributed by atoms with van der Waals surface area (Å²) < 4.78 is 2.45. The smallest absolute Gasteiger partial charge is 0.0184 e. The van der Waals surface area contributed by atoms with Crippen molar-refractivity contribution in [2.75, 3.05) is 0 Å². The van der Waals surface area contributed by atoms with Gasteiger partial charge in [-0.05, 0) is 70.8 Å². The molecule has 0 nitrogen and oxygen atoms in total. The van der Waals surface area contributed by atoms with Gasteiger partial charge in [-0.2, -0.15) is 0 Å². The molecular formula is C26H38Br2. The predicted molar refractivity (Wildman–Crippen MR) is 133 cm³/mol. The number of halogens is 2. The van der Waals surface area contributed by atoms with E-state index in [1.165, 1.54) is 95.1 Å². The first-order valence-electron chi connectivity index (χ1n) is 11.4. The SMILES string of the molecule is CCCCC(CC)Cc1cc(Br)cc2c(CC(CC)CCCC)cc(Br)cc12. The van der Waals surface area contributed by atoms with Gasteiger partial charge in [-0.1, -0.05) is 111 Å². The third-order valence-electron chi connectivity index (χ3n) is 6.27.